The predicted octanol–water partition coefficient (Wildman–Crippen LogP) is 0.762. The number of aromatic amines is 1. The third-order valence-electron chi connectivity index (χ3n) is 2.61. The molecule has 0 atom stereocenters. The summed E-state index contributed by atoms with van der Waals surface area (Å²) in [5.74, 6) is -0.0327. The molecule has 90 valence electrons. The van der Waals surface area contributed by atoms with Crippen molar-refractivity contribution in [2.75, 3.05) is 6.54 Å². The van der Waals surface area contributed by atoms with Crippen molar-refractivity contribution in [1.29, 1.82) is 0 Å². The van der Waals surface area contributed by atoms with Gasteiger partial charge in [0.1, 0.15) is 0 Å². The molecule has 0 radical (unpaired) electrons. The minimum atomic E-state index is -0.264. The van der Waals surface area contributed by atoms with Gasteiger partial charge in [-0.15, -0.1) is 0 Å². The van der Waals surface area contributed by atoms with E-state index in [1.165, 1.54) is 4.68 Å². The summed E-state index contributed by atoms with van der Waals surface area (Å²) in [7, 11) is 0. The number of rotatable bonds is 4. The van der Waals surface area contributed by atoms with Crippen molar-refractivity contribution < 1.29 is 5.11 Å². The summed E-state index contributed by atoms with van der Waals surface area (Å²) in [4.78, 5) is 11.7. The number of nitrogens with two attached hydrogens (primary N) is 1. The predicted molar refractivity (Wildman–Crippen MR) is 65.4 cm³/mol. The highest BCUT2D eigenvalue weighted by Gasteiger charge is 2.13. The Morgan fingerprint density at radius 3 is 2.65 bits per heavy atom. The Labute approximate surface area is 98.5 Å². The molecule has 2 aromatic rings. The zero-order valence-corrected chi connectivity index (χ0v) is 9.39. The normalized spacial score (nSPS) is 10.6. The molecule has 1 aromatic carbocycles. The zero-order chi connectivity index (χ0) is 12.3. The zero-order valence-electron chi connectivity index (χ0n) is 9.39. The summed E-state index contributed by atoms with van der Waals surface area (Å²) in [5.41, 5.74) is 6.24. The summed E-state index contributed by atoms with van der Waals surface area (Å²) >= 11 is 0. The van der Waals surface area contributed by atoms with E-state index in [0.717, 1.165) is 5.69 Å². The van der Waals surface area contributed by atoms with E-state index in [1.54, 1.807) is 0 Å². The molecule has 0 bridgehead atoms. The van der Waals surface area contributed by atoms with Crippen LogP contribution in [-0.4, -0.2) is 21.4 Å². The SMILES string of the molecule is NCCCc1c(O)n(-c2ccccc2)[nH]c1=O. The Hall–Kier alpha value is -2.01. The fourth-order valence-corrected chi connectivity index (χ4v) is 1.73. The molecule has 17 heavy (non-hydrogen) atoms. The van der Waals surface area contributed by atoms with Crippen LogP contribution in [0, 0.1) is 0 Å². The van der Waals surface area contributed by atoms with Gasteiger partial charge >= 0.3 is 0 Å². The van der Waals surface area contributed by atoms with Crippen LogP contribution in [0.5, 0.6) is 5.88 Å². The number of hydrogen-bond acceptors (Lipinski definition) is 3. The third kappa shape index (κ3) is 2.24. The van der Waals surface area contributed by atoms with E-state index in [1.807, 2.05) is 30.3 Å². The van der Waals surface area contributed by atoms with E-state index in [2.05, 4.69) is 5.10 Å². The summed E-state index contributed by atoms with van der Waals surface area (Å²) in [6.07, 6.45) is 1.16. The van der Waals surface area contributed by atoms with E-state index in [-0.39, 0.29) is 11.4 Å². The van der Waals surface area contributed by atoms with Gasteiger partial charge in [-0.3, -0.25) is 9.89 Å². The molecule has 5 nitrogen and oxygen atoms in total. The Morgan fingerprint density at radius 1 is 1.29 bits per heavy atom. The smallest absolute Gasteiger partial charge is 0.271 e. The fourth-order valence-electron chi connectivity index (χ4n) is 1.73. The van der Waals surface area contributed by atoms with Gasteiger partial charge < -0.3 is 10.8 Å². The molecule has 5 heteroatoms. The number of benzene rings is 1. The second-order valence-corrected chi connectivity index (χ2v) is 3.81. The molecule has 0 aliphatic carbocycles. The van der Waals surface area contributed by atoms with E-state index in [9.17, 15) is 9.90 Å². The Kier molecular flexibility index (Phi) is 3.30. The van der Waals surface area contributed by atoms with Crippen LogP contribution in [0.3, 0.4) is 0 Å². The maximum Gasteiger partial charge on any atom is 0.271 e. The van der Waals surface area contributed by atoms with E-state index in [0.29, 0.717) is 24.9 Å². The van der Waals surface area contributed by atoms with Gasteiger partial charge in [-0.2, -0.15) is 0 Å². The van der Waals surface area contributed by atoms with Crippen molar-refractivity contribution in [3.63, 3.8) is 0 Å². The highest BCUT2D eigenvalue weighted by molar-refractivity contribution is 5.37. The number of hydrogen-bond donors (Lipinski definition) is 3. The standard InChI is InChI=1S/C12H15N3O2/c13-8-4-7-10-11(16)14-15(12(10)17)9-5-2-1-3-6-9/h1-3,5-6,17H,4,7-8,13H2,(H,14,16). The topological polar surface area (TPSA) is 84.0 Å². The summed E-state index contributed by atoms with van der Waals surface area (Å²) < 4.78 is 1.38. The van der Waals surface area contributed by atoms with Crippen LogP contribution in [0.4, 0.5) is 0 Å². The Bertz CT molecular complexity index is 543. The highest BCUT2D eigenvalue weighted by atomic mass is 16.3. The average molecular weight is 233 g/mol. The van der Waals surface area contributed by atoms with Crippen LogP contribution in [0.1, 0.15) is 12.0 Å². The van der Waals surface area contributed by atoms with Gasteiger partial charge in [0.2, 0.25) is 5.88 Å². The molecule has 0 aliphatic heterocycles. The van der Waals surface area contributed by atoms with Crippen molar-refractivity contribution in [1.82, 2.24) is 9.78 Å². The van der Waals surface area contributed by atoms with E-state index < -0.39 is 0 Å². The van der Waals surface area contributed by atoms with Gasteiger partial charge in [-0.05, 0) is 31.5 Å². The third-order valence-corrected chi connectivity index (χ3v) is 2.61. The first-order valence-electron chi connectivity index (χ1n) is 5.52. The molecule has 0 saturated heterocycles. The minimum Gasteiger partial charge on any atom is -0.493 e. The maximum atomic E-state index is 11.7. The van der Waals surface area contributed by atoms with Gasteiger partial charge in [0.25, 0.3) is 5.56 Å². The van der Waals surface area contributed by atoms with Gasteiger partial charge in [-0.1, -0.05) is 18.2 Å². The van der Waals surface area contributed by atoms with Crippen LogP contribution in [0.15, 0.2) is 35.1 Å². The maximum absolute atomic E-state index is 11.7. The second-order valence-electron chi connectivity index (χ2n) is 3.81. The lowest BCUT2D eigenvalue weighted by Crippen LogP contribution is -2.09. The molecular weight excluding hydrogens is 218 g/mol. The molecule has 1 aromatic heterocycles. The molecule has 0 saturated carbocycles. The first kappa shape index (κ1) is 11.5. The van der Waals surface area contributed by atoms with Crippen LogP contribution in [-0.2, 0) is 6.42 Å². The van der Waals surface area contributed by atoms with Crippen molar-refractivity contribution in [2.24, 2.45) is 5.73 Å². The lowest BCUT2D eigenvalue weighted by atomic mass is 10.2. The van der Waals surface area contributed by atoms with Gasteiger partial charge in [0.05, 0.1) is 11.3 Å². The summed E-state index contributed by atoms with van der Waals surface area (Å²) in [5, 5.41) is 12.6. The lowest BCUT2D eigenvalue weighted by Gasteiger charge is -2.03. The number of para-hydroxylation sites is 1. The van der Waals surface area contributed by atoms with Crippen molar-refractivity contribution >= 4 is 0 Å². The lowest BCUT2D eigenvalue weighted by molar-refractivity contribution is 0.427. The van der Waals surface area contributed by atoms with E-state index in [4.69, 9.17) is 5.73 Å². The molecule has 0 unspecified atom stereocenters. The molecule has 0 spiro atoms. The molecule has 0 aliphatic rings. The number of nitrogens with one attached hydrogen (secondary N) is 1. The van der Waals surface area contributed by atoms with Crippen LogP contribution in [0.2, 0.25) is 0 Å². The minimum absolute atomic E-state index is 0.0327. The van der Waals surface area contributed by atoms with Gasteiger partial charge in [-0.25, -0.2) is 4.68 Å². The Balaban J connectivity index is 2.41. The molecule has 2 rings (SSSR count). The summed E-state index contributed by atoms with van der Waals surface area (Å²) in [6, 6.07) is 9.17. The number of nitrogens with zero attached hydrogens (tertiary/aromatic N) is 1. The molecule has 0 amide bonds. The van der Waals surface area contributed by atoms with Crippen LogP contribution >= 0.6 is 0 Å². The van der Waals surface area contributed by atoms with Gasteiger partial charge in [0, 0.05) is 0 Å². The molecule has 4 N–H and O–H groups in total. The number of aromatic nitrogens is 2. The monoisotopic (exact) mass is 233 g/mol. The first-order valence-corrected chi connectivity index (χ1v) is 5.52. The molecular formula is C12H15N3O2. The van der Waals surface area contributed by atoms with Crippen LogP contribution < -0.4 is 11.3 Å². The second kappa shape index (κ2) is 4.88. The average Bonchev–Trinajstić information content (AvgIpc) is 2.64. The van der Waals surface area contributed by atoms with E-state index >= 15 is 0 Å². The van der Waals surface area contributed by atoms with Gasteiger partial charge in [0.15, 0.2) is 0 Å². The fraction of sp³-hybridized carbons (Fsp3) is 0.250. The first-order chi connectivity index (χ1) is 8.24. The highest BCUT2D eigenvalue weighted by Crippen LogP contribution is 2.18. The number of H-pyrrole nitrogens is 1. The largest absolute Gasteiger partial charge is 0.493 e. The van der Waals surface area contributed by atoms with Crippen LogP contribution in [0.25, 0.3) is 5.69 Å². The Morgan fingerprint density at radius 2 is 2.00 bits per heavy atom. The molecule has 1 heterocycles. The molecule has 0 fully saturated rings. The van der Waals surface area contributed by atoms with Crippen molar-refractivity contribution in [3.05, 3.63) is 46.2 Å². The van der Waals surface area contributed by atoms with Crippen molar-refractivity contribution in [2.45, 2.75) is 12.8 Å². The quantitative estimate of drug-likeness (QED) is 0.729. The van der Waals surface area contributed by atoms with Crippen molar-refractivity contribution in [3.8, 4) is 11.6 Å². The number of aromatic hydroxyl groups is 1. The summed E-state index contributed by atoms with van der Waals surface area (Å²) in [6.45, 7) is 0.495.